The van der Waals surface area contributed by atoms with Crippen LogP contribution in [-0.4, -0.2) is 63.6 Å². The van der Waals surface area contributed by atoms with Crippen molar-refractivity contribution in [2.45, 2.75) is 18.8 Å². The van der Waals surface area contributed by atoms with Crippen LogP contribution >= 0.6 is 0 Å². The number of furan rings is 1. The minimum atomic E-state index is -3.70. The number of rotatable bonds is 6. The van der Waals surface area contributed by atoms with E-state index in [1.54, 1.807) is 29.3 Å². The van der Waals surface area contributed by atoms with E-state index in [0.29, 0.717) is 64.6 Å². The first-order chi connectivity index (χ1) is 21.0. The number of nitrogens with zero attached hydrogens (tertiary/aromatic N) is 2. The number of halogens is 2. The van der Waals surface area contributed by atoms with Crippen LogP contribution in [0.2, 0.25) is 0 Å². The Labute approximate surface area is 252 Å². The van der Waals surface area contributed by atoms with Crippen molar-refractivity contribution in [3.05, 3.63) is 89.1 Å². The van der Waals surface area contributed by atoms with Gasteiger partial charge in [-0.3, -0.25) is 13.9 Å². The van der Waals surface area contributed by atoms with Crippen LogP contribution in [0.5, 0.6) is 0 Å². The number of piperidine rings is 1. The van der Waals surface area contributed by atoms with E-state index in [1.165, 1.54) is 50.5 Å². The zero-order chi connectivity index (χ0) is 31.3. The monoisotopic (exact) mass is 620 g/mol. The van der Waals surface area contributed by atoms with Crippen LogP contribution in [0.15, 0.2) is 65.2 Å². The third kappa shape index (κ3) is 5.19. The third-order valence-electron chi connectivity index (χ3n) is 8.26. The first kappa shape index (κ1) is 29.4. The van der Waals surface area contributed by atoms with Crippen molar-refractivity contribution in [3.63, 3.8) is 0 Å². The lowest BCUT2D eigenvalue weighted by atomic mass is 9.87. The van der Waals surface area contributed by atoms with Crippen molar-refractivity contribution in [2.24, 2.45) is 0 Å². The molecule has 2 N–H and O–H groups in total. The highest BCUT2D eigenvalue weighted by molar-refractivity contribution is 7.92. The van der Waals surface area contributed by atoms with Crippen molar-refractivity contribution in [1.29, 1.82) is 0 Å². The number of aromatic amines is 1. The fourth-order valence-electron chi connectivity index (χ4n) is 5.94. The number of hydrogen-bond acceptors (Lipinski definition) is 5. The molecule has 1 fully saturated rings. The molecule has 12 heteroatoms. The molecular weight excluding hydrogens is 590 g/mol. The number of carbonyl (C=O) groups excluding carboxylic acids is 2. The molecule has 44 heavy (non-hydrogen) atoms. The lowest BCUT2D eigenvalue weighted by Crippen LogP contribution is -2.39. The average Bonchev–Trinajstić information content (AvgIpc) is 3.60. The van der Waals surface area contributed by atoms with E-state index in [-0.39, 0.29) is 28.7 Å². The van der Waals surface area contributed by atoms with Crippen LogP contribution in [0, 0.1) is 11.6 Å². The molecule has 1 atom stereocenters. The zero-order valence-electron chi connectivity index (χ0n) is 24.3. The van der Waals surface area contributed by atoms with E-state index in [9.17, 15) is 26.8 Å². The number of H-pyrrole nitrogens is 1. The molecule has 0 saturated carbocycles. The van der Waals surface area contributed by atoms with E-state index in [2.05, 4.69) is 10.3 Å². The largest absolute Gasteiger partial charge is 0.455 e. The Morgan fingerprint density at radius 3 is 2.48 bits per heavy atom. The van der Waals surface area contributed by atoms with Crippen molar-refractivity contribution in [3.8, 4) is 11.3 Å². The second-order valence-corrected chi connectivity index (χ2v) is 13.0. The Morgan fingerprint density at radius 1 is 1.05 bits per heavy atom. The van der Waals surface area contributed by atoms with Crippen molar-refractivity contribution in [2.75, 3.05) is 37.7 Å². The van der Waals surface area contributed by atoms with Gasteiger partial charge in [0.05, 0.1) is 23.1 Å². The molecule has 0 spiro atoms. The number of hydrogen-bond donors (Lipinski definition) is 2. The topological polar surface area (TPSA) is 116 Å². The molecule has 3 aromatic carbocycles. The lowest BCUT2D eigenvalue weighted by molar-refractivity contribution is 0.0709. The normalized spacial score (nSPS) is 15.6. The molecule has 2 amide bonds. The zero-order valence-corrected chi connectivity index (χ0v) is 25.1. The van der Waals surface area contributed by atoms with E-state index in [4.69, 9.17) is 4.42 Å². The molecule has 228 valence electrons. The van der Waals surface area contributed by atoms with Crippen LogP contribution in [0.4, 0.5) is 14.5 Å². The summed E-state index contributed by atoms with van der Waals surface area (Å²) < 4.78 is 60.3. The Kier molecular flexibility index (Phi) is 7.40. The summed E-state index contributed by atoms with van der Waals surface area (Å²) in [6.07, 6.45) is 3.99. The fraction of sp³-hybridized carbons (Fsp3) is 0.250. The van der Waals surface area contributed by atoms with Gasteiger partial charge in [0.1, 0.15) is 23.0 Å². The standard InChI is InChI=1S/C32H30F2N4O5S/c1-35-31(39)29-24-14-23(19-5-4-12-38(17-19)32(40)25-16-36-26-13-21(34)10-11-22(25)26)27(37(2)44(3,41)42)15-28(24)43-30(29)18-6-8-20(33)9-7-18/h6-11,13-16,19,36H,4-5,12,17H2,1-3H3,(H,35,39)/t19-/m0/s1. The van der Waals surface area contributed by atoms with Gasteiger partial charge in [-0.15, -0.1) is 0 Å². The van der Waals surface area contributed by atoms with E-state index in [0.717, 1.165) is 10.6 Å². The first-order valence-corrected chi connectivity index (χ1v) is 15.9. The van der Waals surface area contributed by atoms with Gasteiger partial charge in [0, 0.05) is 67.2 Å². The van der Waals surface area contributed by atoms with Gasteiger partial charge in [0.2, 0.25) is 10.0 Å². The van der Waals surface area contributed by atoms with Crippen molar-refractivity contribution in [1.82, 2.24) is 15.2 Å². The summed E-state index contributed by atoms with van der Waals surface area (Å²) in [7, 11) is -0.768. The van der Waals surface area contributed by atoms with Gasteiger partial charge in [-0.2, -0.15) is 0 Å². The maximum atomic E-state index is 13.7. The number of carbonyl (C=O) groups is 2. The minimum Gasteiger partial charge on any atom is -0.455 e. The Morgan fingerprint density at radius 2 is 1.77 bits per heavy atom. The van der Waals surface area contributed by atoms with Gasteiger partial charge in [0.25, 0.3) is 11.8 Å². The third-order valence-corrected chi connectivity index (χ3v) is 9.45. The van der Waals surface area contributed by atoms with Gasteiger partial charge in [-0.05, 0) is 66.9 Å². The SMILES string of the molecule is CNC(=O)c1c(-c2ccc(F)cc2)oc2cc(N(C)S(C)(=O)=O)c([C@H]3CCCN(C(=O)c4c[nH]c5cc(F)ccc45)C3)cc12. The molecule has 3 heterocycles. The highest BCUT2D eigenvalue weighted by atomic mass is 32.2. The number of fused-ring (bicyclic) bond motifs is 2. The van der Waals surface area contributed by atoms with E-state index < -0.39 is 27.6 Å². The number of aromatic nitrogens is 1. The maximum absolute atomic E-state index is 13.7. The number of nitrogens with one attached hydrogen (secondary N) is 2. The predicted octanol–water partition coefficient (Wildman–Crippen LogP) is 5.63. The molecule has 0 aliphatic carbocycles. The smallest absolute Gasteiger partial charge is 0.256 e. The molecule has 1 aliphatic rings. The van der Waals surface area contributed by atoms with Gasteiger partial charge in [-0.25, -0.2) is 17.2 Å². The molecule has 0 radical (unpaired) electrons. The average molecular weight is 621 g/mol. The van der Waals surface area contributed by atoms with E-state index >= 15 is 0 Å². The summed E-state index contributed by atoms with van der Waals surface area (Å²) in [5.41, 5.74) is 2.94. The summed E-state index contributed by atoms with van der Waals surface area (Å²) in [5, 5.41) is 3.71. The predicted molar refractivity (Wildman–Crippen MR) is 164 cm³/mol. The van der Waals surface area contributed by atoms with Crippen molar-refractivity contribution >= 4 is 49.4 Å². The highest BCUT2D eigenvalue weighted by Gasteiger charge is 2.32. The number of likely N-dealkylation sites (tertiary alicyclic amines) is 1. The number of amides is 2. The molecule has 1 saturated heterocycles. The van der Waals surface area contributed by atoms with Crippen LogP contribution < -0.4 is 9.62 Å². The van der Waals surface area contributed by atoms with Crippen molar-refractivity contribution < 1.29 is 31.2 Å². The lowest BCUT2D eigenvalue weighted by Gasteiger charge is -2.35. The van der Waals surface area contributed by atoms with Gasteiger partial charge < -0.3 is 19.6 Å². The highest BCUT2D eigenvalue weighted by Crippen LogP contribution is 2.42. The number of anilines is 1. The van der Waals surface area contributed by atoms with Crippen LogP contribution in [0.25, 0.3) is 33.2 Å². The Hall–Kier alpha value is -4.71. The summed E-state index contributed by atoms with van der Waals surface area (Å²) in [6, 6.07) is 13.1. The van der Waals surface area contributed by atoms with Gasteiger partial charge in [0.15, 0.2) is 0 Å². The molecule has 9 nitrogen and oxygen atoms in total. The maximum Gasteiger partial charge on any atom is 0.256 e. The first-order valence-electron chi connectivity index (χ1n) is 14.0. The fourth-order valence-corrected chi connectivity index (χ4v) is 6.46. The van der Waals surface area contributed by atoms with E-state index in [1.807, 2.05) is 0 Å². The number of sulfonamides is 1. The summed E-state index contributed by atoms with van der Waals surface area (Å²) in [6.45, 7) is 0.785. The molecule has 5 aromatic rings. The minimum absolute atomic E-state index is 0.223. The summed E-state index contributed by atoms with van der Waals surface area (Å²) in [4.78, 5) is 31.6. The van der Waals surface area contributed by atoms with Crippen LogP contribution in [0.1, 0.15) is 45.0 Å². The Bertz CT molecular complexity index is 2040. The Balaban J connectivity index is 1.47. The molecule has 6 rings (SSSR count). The molecule has 2 aromatic heterocycles. The molecule has 0 bridgehead atoms. The van der Waals surface area contributed by atoms with Crippen LogP contribution in [0.3, 0.4) is 0 Å². The second-order valence-electron chi connectivity index (χ2n) is 11.0. The quantitative estimate of drug-likeness (QED) is 0.255. The molecule has 0 unspecified atom stereocenters. The second kappa shape index (κ2) is 11.1. The number of benzene rings is 3. The van der Waals surface area contributed by atoms with Gasteiger partial charge >= 0.3 is 0 Å². The molecule has 1 aliphatic heterocycles. The molecular formula is C32H30F2N4O5S. The van der Waals surface area contributed by atoms with Gasteiger partial charge in [-0.1, -0.05) is 0 Å². The summed E-state index contributed by atoms with van der Waals surface area (Å²) >= 11 is 0. The van der Waals surface area contributed by atoms with Crippen LogP contribution in [-0.2, 0) is 10.0 Å². The summed E-state index contributed by atoms with van der Waals surface area (Å²) in [5.74, 6) is -1.55.